The van der Waals surface area contributed by atoms with Gasteiger partial charge >= 0.3 is 11.9 Å². The number of piperidine rings is 2. The molecular weight excluding hydrogens is 552 g/mol. The lowest BCUT2D eigenvalue weighted by Gasteiger charge is -2.54. The Labute approximate surface area is 267 Å². The van der Waals surface area contributed by atoms with Gasteiger partial charge in [-0.1, -0.05) is 25.7 Å². The smallest absolute Gasteiger partial charge is 0.306 e. The largest absolute Gasteiger partial charge is 0.462 e. The first-order valence-corrected chi connectivity index (χ1v) is 16.1. The van der Waals surface area contributed by atoms with Crippen LogP contribution in [0.2, 0.25) is 0 Å². The van der Waals surface area contributed by atoms with Crippen molar-refractivity contribution in [1.82, 2.24) is 9.96 Å². The van der Waals surface area contributed by atoms with Crippen LogP contribution in [0.25, 0.3) is 0 Å². The Morgan fingerprint density at radius 3 is 1.80 bits per heavy atom. The molecule has 2 saturated heterocycles. The molecule has 2 fully saturated rings. The van der Waals surface area contributed by atoms with Gasteiger partial charge in [0.05, 0.1) is 16.6 Å². The number of unbranched alkanes of at least 4 members (excludes halogenated alkanes) is 5. The van der Waals surface area contributed by atoms with Crippen LogP contribution in [0.3, 0.4) is 0 Å². The van der Waals surface area contributed by atoms with Crippen molar-refractivity contribution in [1.29, 1.82) is 0 Å². The van der Waals surface area contributed by atoms with Crippen molar-refractivity contribution < 1.29 is 23.9 Å². The highest BCUT2D eigenvalue weighted by atomic mass is 16.7. The molecule has 2 aliphatic rings. The van der Waals surface area contributed by atoms with E-state index in [1.54, 1.807) is 0 Å². The quantitative estimate of drug-likeness (QED) is 0.145. The van der Waals surface area contributed by atoms with Crippen molar-refractivity contribution in [3.8, 4) is 48.1 Å². The van der Waals surface area contributed by atoms with E-state index in [-0.39, 0.29) is 35.2 Å². The van der Waals surface area contributed by atoms with Crippen LogP contribution in [-0.4, -0.2) is 63.3 Å². The second-order valence-corrected chi connectivity index (χ2v) is 14.6. The maximum Gasteiger partial charge on any atom is 0.306 e. The summed E-state index contributed by atoms with van der Waals surface area (Å²) in [7, 11) is 2.12. The molecule has 0 N–H and O–H groups in total. The molecule has 0 aromatic carbocycles. The second-order valence-electron chi connectivity index (χ2n) is 14.6. The Morgan fingerprint density at radius 1 is 0.727 bits per heavy atom. The Morgan fingerprint density at radius 2 is 1.23 bits per heavy atom. The summed E-state index contributed by atoms with van der Waals surface area (Å²) in [5.74, 6) is 14.6. The third kappa shape index (κ3) is 11.1. The third-order valence-corrected chi connectivity index (χ3v) is 9.23. The first kappa shape index (κ1) is 37.1. The molecule has 0 bridgehead atoms. The maximum atomic E-state index is 12.6. The molecular formula is C37H54N2O5. The van der Waals surface area contributed by atoms with Crippen molar-refractivity contribution in [2.24, 2.45) is 0 Å². The highest BCUT2D eigenvalue weighted by Gasteiger charge is 2.49. The molecule has 0 saturated carbocycles. The molecule has 242 valence electrons. The summed E-state index contributed by atoms with van der Waals surface area (Å²) in [5, 5.41) is 1.86. The van der Waals surface area contributed by atoms with Crippen molar-refractivity contribution in [2.75, 3.05) is 7.05 Å². The van der Waals surface area contributed by atoms with Crippen molar-refractivity contribution in [3.05, 3.63) is 0 Å². The standard InChI is InChI=1S/C37H54N2O5/c1-11-12-13-14-19-22-27-42-39-35(4,5)28-30(29-36(39,6)7)43-32(40)23-20-17-15-16-18-21-24-33(41)44-31-25-26-34(2,3)38(10)37(31,8)9/h1,30-31H,15-18,20-21,23-26,28-29H2,2-10H3. The van der Waals surface area contributed by atoms with E-state index >= 15 is 0 Å². The van der Waals surface area contributed by atoms with Crippen LogP contribution in [0.5, 0.6) is 0 Å². The lowest BCUT2D eigenvalue weighted by atomic mass is 9.78. The SMILES string of the molecule is C#CC#CC#CC#CON1C(C)(C)CC(OC(=O)CCCCCCCCC(=O)OC2CCC(C)(C)N(C)C2(C)C)CC1(C)C. The van der Waals surface area contributed by atoms with E-state index in [1.807, 2.05) is 5.06 Å². The molecule has 7 nitrogen and oxygen atoms in total. The summed E-state index contributed by atoms with van der Waals surface area (Å²) in [5.41, 5.74) is -0.868. The van der Waals surface area contributed by atoms with Gasteiger partial charge < -0.3 is 14.3 Å². The number of hydroxylamine groups is 2. The molecule has 0 amide bonds. The molecule has 2 rings (SSSR count). The number of hydrogen-bond donors (Lipinski definition) is 0. The fraction of sp³-hybridized carbons (Fsp3) is 0.730. The maximum absolute atomic E-state index is 12.6. The average Bonchev–Trinajstić information content (AvgIpc) is 2.91. The summed E-state index contributed by atoms with van der Waals surface area (Å²) in [6, 6.07) is 0. The first-order valence-electron chi connectivity index (χ1n) is 16.1. The number of hydrogen-bond acceptors (Lipinski definition) is 7. The first-order chi connectivity index (χ1) is 20.5. The van der Waals surface area contributed by atoms with E-state index in [0.29, 0.717) is 25.7 Å². The number of nitrogens with zero attached hydrogens (tertiary/aromatic N) is 2. The minimum absolute atomic E-state index is 0.0727. The topological polar surface area (TPSA) is 68.3 Å². The number of terminal acetylenes is 1. The molecule has 1 unspecified atom stereocenters. The van der Waals surface area contributed by atoms with Crippen LogP contribution in [0.1, 0.15) is 132 Å². The average molecular weight is 607 g/mol. The van der Waals surface area contributed by atoms with Crippen molar-refractivity contribution >= 4 is 11.9 Å². The number of carbonyl (C=O) groups excluding carboxylic acids is 2. The van der Waals surface area contributed by atoms with E-state index in [9.17, 15) is 9.59 Å². The van der Waals surface area contributed by atoms with E-state index in [4.69, 9.17) is 20.7 Å². The molecule has 7 heteroatoms. The van der Waals surface area contributed by atoms with Gasteiger partial charge in [0.1, 0.15) is 12.2 Å². The van der Waals surface area contributed by atoms with Crippen LogP contribution >= 0.6 is 0 Å². The molecule has 2 aliphatic heterocycles. The van der Waals surface area contributed by atoms with E-state index in [0.717, 1.165) is 51.4 Å². The molecule has 0 aromatic rings. The van der Waals surface area contributed by atoms with Crippen LogP contribution in [-0.2, 0) is 23.9 Å². The Kier molecular flexibility index (Phi) is 13.7. The lowest BCUT2D eigenvalue weighted by Crippen LogP contribution is -2.63. The summed E-state index contributed by atoms with van der Waals surface area (Å²) in [4.78, 5) is 33.3. The lowest BCUT2D eigenvalue weighted by molar-refractivity contribution is -0.255. The van der Waals surface area contributed by atoms with Gasteiger partial charge in [-0.05, 0) is 106 Å². The monoisotopic (exact) mass is 606 g/mol. The number of carbonyl (C=O) groups is 2. The van der Waals surface area contributed by atoms with Crippen LogP contribution in [0.4, 0.5) is 0 Å². The minimum atomic E-state index is -0.398. The highest BCUT2D eigenvalue weighted by Crippen LogP contribution is 2.40. The molecule has 1 atom stereocenters. The Balaban J connectivity index is 1.63. The van der Waals surface area contributed by atoms with Gasteiger partial charge in [-0.2, -0.15) is 0 Å². The van der Waals surface area contributed by atoms with Crippen LogP contribution in [0, 0.1) is 48.1 Å². The summed E-state index contributed by atoms with van der Waals surface area (Å²) in [6.45, 7) is 17.0. The summed E-state index contributed by atoms with van der Waals surface area (Å²) < 4.78 is 11.8. The zero-order valence-electron chi connectivity index (χ0n) is 28.7. The fourth-order valence-electron chi connectivity index (χ4n) is 6.64. The van der Waals surface area contributed by atoms with Crippen LogP contribution < -0.4 is 0 Å². The predicted octanol–water partition coefficient (Wildman–Crippen LogP) is 6.40. The Bertz CT molecular complexity index is 1200. The fourth-order valence-corrected chi connectivity index (χ4v) is 6.64. The molecule has 0 spiro atoms. The van der Waals surface area contributed by atoms with Gasteiger partial charge in [-0.3, -0.25) is 14.5 Å². The zero-order valence-corrected chi connectivity index (χ0v) is 28.7. The summed E-state index contributed by atoms with van der Waals surface area (Å²) in [6.07, 6.45) is 17.2. The van der Waals surface area contributed by atoms with E-state index < -0.39 is 11.1 Å². The highest BCUT2D eigenvalue weighted by molar-refractivity contribution is 5.70. The van der Waals surface area contributed by atoms with Gasteiger partial charge in [0.25, 0.3) is 0 Å². The van der Waals surface area contributed by atoms with Gasteiger partial charge in [-0.15, -0.1) is 11.5 Å². The third-order valence-electron chi connectivity index (χ3n) is 9.23. The predicted molar refractivity (Wildman–Crippen MR) is 174 cm³/mol. The normalized spacial score (nSPS) is 22.0. The number of rotatable bonds is 12. The van der Waals surface area contributed by atoms with Gasteiger partial charge in [-0.25, -0.2) is 0 Å². The van der Waals surface area contributed by atoms with Gasteiger partial charge in [0.2, 0.25) is 0 Å². The minimum Gasteiger partial charge on any atom is -0.462 e. The van der Waals surface area contributed by atoms with E-state index in [1.165, 1.54) is 0 Å². The van der Waals surface area contributed by atoms with Crippen molar-refractivity contribution in [2.45, 2.75) is 167 Å². The van der Waals surface area contributed by atoms with Gasteiger partial charge in [0, 0.05) is 49.0 Å². The second kappa shape index (κ2) is 16.3. The number of likely N-dealkylation sites (N-methyl/N-ethyl adjacent to an activating group) is 1. The number of likely N-dealkylation sites (tertiary alicyclic amines) is 1. The number of ether oxygens (including phenoxy) is 2. The van der Waals surface area contributed by atoms with Crippen LogP contribution in [0.15, 0.2) is 0 Å². The number of esters is 2. The molecule has 0 radical (unpaired) electrons. The van der Waals surface area contributed by atoms with Gasteiger partial charge in [0.15, 0.2) is 6.11 Å². The Hall–Kier alpha value is -3.10. The molecule has 0 aliphatic carbocycles. The zero-order chi connectivity index (χ0) is 33.0. The molecule has 2 heterocycles. The molecule has 0 aromatic heterocycles. The van der Waals surface area contributed by atoms with E-state index in [2.05, 4.69) is 109 Å². The van der Waals surface area contributed by atoms with Crippen molar-refractivity contribution in [3.63, 3.8) is 0 Å². The molecule has 44 heavy (non-hydrogen) atoms. The summed E-state index contributed by atoms with van der Waals surface area (Å²) >= 11 is 0.